The smallest absolute Gasteiger partial charge is 0.0234 e. The van der Waals surface area contributed by atoms with Gasteiger partial charge in [0.25, 0.3) is 0 Å². The zero-order valence-electron chi connectivity index (χ0n) is 13.7. The van der Waals surface area contributed by atoms with Gasteiger partial charge < -0.3 is 10.2 Å². The highest BCUT2D eigenvalue weighted by Gasteiger charge is 2.38. The maximum atomic E-state index is 3.96. The van der Waals surface area contributed by atoms with Crippen LogP contribution in [0.1, 0.15) is 53.4 Å². The highest BCUT2D eigenvalue weighted by molar-refractivity contribution is 5.20. The molecule has 0 aromatic heterocycles. The average molecular weight is 264 g/mol. The Labute approximate surface area is 119 Å². The Morgan fingerprint density at radius 2 is 1.95 bits per heavy atom. The molecule has 110 valence electrons. The van der Waals surface area contributed by atoms with Crippen molar-refractivity contribution in [3.63, 3.8) is 0 Å². The van der Waals surface area contributed by atoms with E-state index in [-0.39, 0.29) is 0 Å². The van der Waals surface area contributed by atoms with Crippen molar-refractivity contribution in [3.05, 3.63) is 11.1 Å². The summed E-state index contributed by atoms with van der Waals surface area (Å²) in [6, 6.07) is 1.33. The molecular formula is C17H32N2. The van der Waals surface area contributed by atoms with Gasteiger partial charge in [-0.1, -0.05) is 25.0 Å². The van der Waals surface area contributed by atoms with E-state index in [0.29, 0.717) is 17.5 Å². The van der Waals surface area contributed by atoms with Gasteiger partial charge in [-0.3, -0.25) is 0 Å². The monoisotopic (exact) mass is 264 g/mol. The molecule has 0 radical (unpaired) electrons. The molecule has 0 aromatic rings. The van der Waals surface area contributed by atoms with Gasteiger partial charge in [-0.15, -0.1) is 0 Å². The fourth-order valence-corrected chi connectivity index (χ4v) is 4.01. The van der Waals surface area contributed by atoms with E-state index < -0.39 is 0 Å². The Hall–Kier alpha value is -0.340. The number of hydrogen-bond donors (Lipinski definition) is 1. The molecule has 0 spiro atoms. The van der Waals surface area contributed by atoms with Crippen LogP contribution in [0.3, 0.4) is 0 Å². The first kappa shape index (κ1) is 15.1. The molecule has 2 rings (SSSR count). The quantitative estimate of drug-likeness (QED) is 0.769. The van der Waals surface area contributed by atoms with Crippen molar-refractivity contribution < 1.29 is 0 Å². The Bertz CT molecular complexity index is 354. The number of hydrogen-bond acceptors (Lipinski definition) is 2. The molecule has 1 aliphatic carbocycles. The molecule has 1 N–H and O–H groups in total. The minimum absolute atomic E-state index is 0.520. The first-order valence-electron chi connectivity index (χ1n) is 7.85. The average Bonchev–Trinajstić information content (AvgIpc) is 2.38. The predicted molar refractivity (Wildman–Crippen MR) is 83.4 cm³/mol. The van der Waals surface area contributed by atoms with Crippen molar-refractivity contribution in [1.29, 1.82) is 0 Å². The van der Waals surface area contributed by atoms with Crippen LogP contribution in [-0.2, 0) is 0 Å². The van der Waals surface area contributed by atoms with Gasteiger partial charge in [0, 0.05) is 18.6 Å². The van der Waals surface area contributed by atoms with Crippen molar-refractivity contribution in [2.24, 2.45) is 11.3 Å². The Morgan fingerprint density at radius 1 is 1.26 bits per heavy atom. The van der Waals surface area contributed by atoms with Gasteiger partial charge >= 0.3 is 0 Å². The van der Waals surface area contributed by atoms with Crippen molar-refractivity contribution in [2.75, 3.05) is 20.6 Å². The number of likely N-dealkylation sites (N-methyl/N-ethyl adjacent to an activating group) is 1. The fourth-order valence-electron chi connectivity index (χ4n) is 4.01. The number of fused-ring (bicyclic) bond motifs is 1. The topological polar surface area (TPSA) is 15.3 Å². The molecule has 2 aliphatic rings. The van der Waals surface area contributed by atoms with Gasteiger partial charge in [-0.05, 0) is 65.0 Å². The van der Waals surface area contributed by atoms with Crippen LogP contribution in [0.4, 0.5) is 0 Å². The van der Waals surface area contributed by atoms with E-state index in [1.54, 1.807) is 11.1 Å². The molecule has 0 bridgehead atoms. The third kappa shape index (κ3) is 3.61. The zero-order chi connectivity index (χ0) is 14.2. The summed E-state index contributed by atoms with van der Waals surface area (Å²) in [5.41, 5.74) is 3.82. The molecule has 1 saturated carbocycles. The number of nitrogens with zero attached hydrogens (tertiary/aromatic N) is 1. The van der Waals surface area contributed by atoms with E-state index in [0.717, 1.165) is 12.5 Å². The van der Waals surface area contributed by atoms with Crippen LogP contribution in [0.2, 0.25) is 0 Å². The Kier molecular flexibility index (Phi) is 4.42. The van der Waals surface area contributed by atoms with Gasteiger partial charge in [0.05, 0.1) is 0 Å². The van der Waals surface area contributed by atoms with E-state index in [1.807, 2.05) is 0 Å². The molecule has 0 saturated heterocycles. The van der Waals surface area contributed by atoms with Crippen molar-refractivity contribution >= 4 is 0 Å². The second-order valence-corrected chi connectivity index (χ2v) is 7.91. The second kappa shape index (κ2) is 5.57. The van der Waals surface area contributed by atoms with Gasteiger partial charge in [-0.2, -0.15) is 0 Å². The molecule has 3 unspecified atom stereocenters. The molecule has 2 heteroatoms. The minimum Gasteiger partial charge on any atom is -0.309 e. The fraction of sp³-hybridized carbons (Fsp3) is 0.882. The van der Waals surface area contributed by atoms with Gasteiger partial charge in [0.15, 0.2) is 0 Å². The molecule has 1 aliphatic heterocycles. The van der Waals surface area contributed by atoms with E-state index in [1.165, 1.54) is 25.7 Å². The van der Waals surface area contributed by atoms with Crippen LogP contribution in [-0.4, -0.2) is 37.6 Å². The molecule has 1 heterocycles. The van der Waals surface area contributed by atoms with E-state index >= 15 is 0 Å². The largest absolute Gasteiger partial charge is 0.309 e. The third-order valence-electron chi connectivity index (χ3n) is 5.21. The Balaban J connectivity index is 2.18. The van der Waals surface area contributed by atoms with Crippen molar-refractivity contribution in [1.82, 2.24) is 10.2 Å². The SMILES string of the molecule is CC1=C(C)C2CC(C)(C)CCC2NC(CN(C)C)C1. The van der Waals surface area contributed by atoms with Crippen LogP contribution in [0.25, 0.3) is 0 Å². The van der Waals surface area contributed by atoms with Gasteiger partial charge in [0.1, 0.15) is 0 Å². The summed E-state index contributed by atoms with van der Waals surface area (Å²) in [6.45, 7) is 10.8. The van der Waals surface area contributed by atoms with Crippen LogP contribution in [0, 0.1) is 11.3 Å². The molecule has 2 nitrogen and oxygen atoms in total. The Morgan fingerprint density at radius 3 is 2.58 bits per heavy atom. The number of nitrogens with one attached hydrogen (secondary N) is 1. The van der Waals surface area contributed by atoms with Crippen LogP contribution in [0.5, 0.6) is 0 Å². The third-order valence-corrected chi connectivity index (χ3v) is 5.21. The molecule has 1 fully saturated rings. The molecule has 0 aromatic carbocycles. The lowest BCUT2D eigenvalue weighted by Gasteiger charge is -2.42. The van der Waals surface area contributed by atoms with E-state index in [2.05, 4.69) is 52.0 Å². The summed E-state index contributed by atoms with van der Waals surface area (Å²) < 4.78 is 0. The number of rotatable bonds is 2. The summed E-state index contributed by atoms with van der Waals surface area (Å²) in [5.74, 6) is 0.760. The summed E-state index contributed by atoms with van der Waals surface area (Å²) in [6.07, 6.45) is 5.27. The van der Waals surface area contributed by atoms with Crippen LogP contribution >= 0.6 is 0 Å². The van der Waals surface area contributed by atoms with Crippen molar-refractivity contribution in [2.45, 2.75) is 65.5 Å². The van der Waals surface area contributed by atoms with Crippen LogP contribution in [0.15, 0.2) is 11.1 Å². The molecule has 3 atom stereocenters. The predicted octanol–water partition coefficient (Wildman–Crippen LogP) is 3.44. The minimum atomic E-state index is 0.520. The van der Waals surface area contributed by atoms with Crippen LogP contribution < -0.4 is 5.32 Å². The maximum absolute atomic E-state index is 3.96. The van der Waals surface area contributed by atoms with Gasteiger partial charge in [-0.25, -0.2) is 0 Å². The summed E-state index contributed by atoms with van der Waals surface area (Å²) in [4.78, 5) is 2.31. The normalized spacial score (nSPS) is 35.2. The van der Waals surface area contributed by atoms with Gasteiger partial charge in [0.2, 0.25) is 0 Å². The second-order valence-electron chi connectivity index (χ2n) is 7.91. The lowest BCUT2D eigenvalue weighted by Crippen LogP contribution is -2.48. The maximum Gasteiger partial charge on any atom is 0.0234 e. The van der Waals surface area contributed by atoms with Crippen molar-refractivity contribution in [3.8, 4) is 0 Å². The first-order chi connectivity index (χ1) is 8.78. The first-order valence-corrected chi connectivity index (χ1v) is 7.85. The molecule has 19 heavy (non-hydrogen) atoms. The summed E-state index contributed by atoms with van der Waals surface area (Å²) in [5, 5.41) is 3.96. The highest BCUT2D eigenvalue weighted by atomic mass is 15.1. The molecule has 0 amide bonds. The van der Waals surface area contributed by atoms with E-state index in [9.17, 15) is 0 Å². The standard InChI is InChI=1S/C17H32N2/c1-12-9-14(11-19(5)6)18-16-7-8-17(3,4)10-15(16)13(12)2/h14-16,18H,7-11H2,1-6H3. The summed E-state index contributed by atoms with van der Waals surface area (Å²) in [7, 11) is 4.36. The van der Waals surface area contributed by atoms with E-state index in [4.69, 9.17) is 0 Å². The lowest BCUT2D eigenvalue weighted by molar-refractivity contribution is 0.150. The highest BCUT2D eigenvalue weighted by Crippen LogP contribution is 2.43. The summed E-state index contributed by atoms with van der Waals surface area (Å²) >= 11 is 0. The molecular weight excluding hydrogens is 232 g/mol. The lowest BCUT2D eigenvalue weighted by atomic mass is 9.67. The zero-order valence-corrected chi connectivity index (χ0v) is 13.7.